The second kappa shape index (κ2) is 4.21. The van der Waals surface area contributed by atoms with Crippen LogP contribution in [-0.4, -0.2) is 29.6 Å². The van der Waals surface area contributed by atoms with Gasteiger partial charge in [-0.25, -0.2) is 4.79 Å². The number of carbonyl (C=O) groups is 1. The Bertz CT molecular complexity index is 592. The largest absolute Gasteiger partial charge is 0.573 e. The number of benzene rings is 1. The quantitative estimate of drug-likeness (QED) is 0.841. The van der Waals surface area contributed by atoms with Crippen LogP contribution < -0.4 is 4.74 Å². The number of alkyl halides is 3. The van der Waals surface area contributed by atoms with Crippen molar-refractivity contribution in [3.63, 3.8) is 0 Å². The van der Waals surface area contributed by atoms with Crippen molar-refractivity contribution in [3.05, 3.63) is 23.9 Å². The molecule has 8 heteroatoms. The first-order chi connectivity index (χ1) is 8.40. The summed E-state index contributed by atoms with van der Waals surface area (Å²) >= 11 is 0. The van der Waals surface area contributed by atoms with Gasteiger partial charge in [0.2, 0.25) is 0 Å². The highest BCUT2D eigenvalue weighted by molar-refractivity contribution is 6.02. The normalized spacial score (nSPS) is 11.6. The van der Waals surface area contributed by atoms with Crippen LogP contribution in [0, 0.1) is 0 Å². The molecule has 1 aromatic carbocycles. The van der Waals surface area contributed by atoms with E-state index in [0.29, 0.717) is 5.39 Å². The first kappa shape index (κ1) is 12.2. The highest BCUT2D eigenvalue weighted by Crippen LogP contribution is 2.26. The minimum absolute atomic E-state index is 0.00561. The van der Waals surface area contributed by atoms with Crippen LogP contribution in [0.4, 0.5) is 13.2 Å². The van der Waals surface area contributed by atoms with E-state index in [1.165, 1.54) is 13.2 Å². The van der Waals surface area contributed by atoms with Gasteiger partial charge in [0.1, 0.15) is 5.75 Å². The van der Waals surface area contributed by atoms with Gasteiger partial charge < -0.3 is 9.47 Å². The van der Waals surface area contributed by atoms with Gasteiger partial charge in [-0.05, 0) is 12.1 Å². The molecule has 0 unspecified atom stereocenters. The van der Waals surface area contributed by atoms with Crippen LogP contribution >= 0.6 is 0 Å². The molecule has 1 aromatic heterocycles. The van der Waals surface area contributed by atoms with Crippen LogP contribution in [0.25, 0.3) is 10.9 Å². The smallest absolute Gasteiger partial charge is 0.464 e. The number of rotatable bonds is 2. The SMILES string of the molecule is COC(=O)c1n[nH]c2cc(OC(F)(F)F)ccc12. The van der Waals surface area contributed by atoms with Gasteiger partial charge in [0.05, 0.1) is 12.6 Å². The molecule has 2 aromatic rings. The Balaban J connectivity index is 2.40. The van der Waals surface area contributed by atoms with E-state index in [-0.39, 0.29) is 11.2 Å². The standard InChI is InChI=1S/C10H7F3N2O3/c1-17-9(16)8-6-3-2-5(18-10(11,12)13)4-7(6)14-15-8/h2-4H,1H3,(H,14,15). The average molecular weight is 260 g/mol. The molecule has 1 N–H and O–H groups in total. The number of hydrogen-bond acceptors (Lipinski definition) is 4. The molecule has 0 aliphatic heterocycles. The number of ether oxygens (including phenoxy) is 2. The third-order valence-corrected chi connectivity index (χ3v) is 2.15. The predicted octanol–water partition coefficient (Wildman–Crippen LogP) is 2.25. The van der Waals surface area contributed by atoms with E-state index >= 15 is 0 Å². The molecule has 0 aliphatic carbocycles. The van der Waals surface area contributed by atoms with E-state index in [9.17, 15) is 18.0 Å². The minimum Gasteiger partial charge on any atom is -0.464 e. The van der Waals surface area contributed by atoms with Gasteiger partial charge in [0, 0.05) is 11.5 Å². The summed E-state index contributed by atoms with van der Waals surface area (Å²) in [6.45, 7) is 0. The Morgan fingerprint density at radius 2 is 2.11 bits per heavy atom. The summed E-state index contributed by atoms with van der Waals surface area (Å²) in [6.07, 6.45) is -4.77. The fraction of sp³-hybridized carbons (Fsp3) is 0.200. The van der Waals surface area contributed by atoms with Crippen molar-refractivity contribution in [2.24, 2.45) is 0 Å². The second-order valence-electron chi connectivity index (χ2n) is 3.32. The topological polar surface area (TPSA) is 64.2 Å². The number of esters is 1. The third kappa shape index (κ3) is 2.36. The molecule has 18 heavy (non-hydrogen) atoms. The van der Waals surface area contributed by atoms with Crippen molar-refractivity contribution in [2.45, 2.75) is 6.36 Å². The van der Waals surface area contributed by atoms with Crippen molar-refractivity contribution in [2.75, 3.05) is 7.11 Å². The van der Waals surface area contributed by atoms with Crippen LogP contribution in [0.2, 0.25) is 0 Å². The summed E-state index contributed by atoms with van der Waals surface area (Å²) in [5, 5.41) is 6.46. The Labute approximate surface area is 98.5 Å². The average Bonchev–Trinajstić information content (AvgIpc) is 2.68. The monoisotopic (exact) mass is 260 g/mol. The minimum atomic E-state index is -4.77. The van der Waals surface area contributed by atoms with Crippen molar-refractivity contribution < 1.29 is 27.4 Å². The Hall–Kier alpha value is -2.25. The molecule has 0 saturated carbocycles. The van der Waals surface area contributed by atoms with Crippen LogP contribution in [0.5, 0.6) is 5.75 Å². The van der Waals surface area contributed by atoms with Gasteiger partial charge >= 0.3 is 12.3 Å². The number of methoxy groups -OCH3 is 1. The van der Waals surface area contributed by atoms with E-state index in [2.05, 4.69) is 19.7 Å². The zero-order valence-electron chi connectivity index (χ0n) is 9.04. The number of fused-ring (bicyclic) bond motifs is 1. The number of nitrogens with one attached hydrogen (secondary N) is 1. The highest BCUT2D eigenvalue weighted by atomic mass is 19.4. The Morgan fingerprint density at radius 3 is 2.72 bits per heavy atom. The second-order valence-corrected chi connectivity index (χ2v) is 3.32. The van der Waals surface area contributed by atoms with E-state index in [0.717, 1.165) is 12.1 Å². The summed E-state index contributed by atoms with van der Waals surface area (Å²) in [5.74, 6) is -1.07. The number of aromatic amines is 1. The van der Waals surface area contributed by atoms with Crippen molar-refractivity contribution in [1.29, 1.82) is 0 Å². The fourth-order valence-corrected chi connectivity index (χ4v) is 1.45. The lowest BCUT2D eigenvalue weighted by molar-refractivity contribution is -0.274. The molecule has 5 nitrogen and oxygen atoms in total. The van der Waals surface area contributed by atoms with E-state index < -0.39 is 18.1 Å². The van der Waals surface area contributed by atoms with Crippen LogP contribution in [0.1, 0.15) is 10.5 Å². The van der Waals surface area contributed by atoms with Gasteiger partial charge in [-0.2, -0.15) is 5.10 Å². The van der Waals surface area contributed by atoms with Crippen molar-refractivity contribution in [3.8, 4) is 5.75 Å². The Morgan fingerprint density at radius 1 is 1.39 bits per heavy atom. The highest BCUT2D eigenvalue weighted by Gasteiger charge is 2.31. The molecule has 0 atom stereocenters. The van der Waals surface area contributed by atoms with Gasteiger partial charge in [0.15, 0.2) is 5.69 Å². The molecule has 2 rings (SSSR count). The molecule has 0 amide bonds. The van der Waals surface area contributed by atoms with Crippen LogP contribution in [-0.2, 0) is 4.74 Å². The maximum atomic E-state index is 12.0. The van der Waals surface area contributed by atoms with Gasteiger partial charge in [-0.15, -0.1) is 13.2 Å². The van der Waals surface area contributed by atoms with Gasteiger partial charge in [-0.1, -0.05) is 0 Å². The first-order valence-electron chi connectivity index (χ1n) is 4.73. The first-order valence-corrected chi connectivity index (χ1v) is 4.73. The van der Waals surface area contributed by atoms with E-state index in [1.807, 2.05) is 0 Å². The maximum Gasteiger partial charge on any atom is 0.573 e. The Kier molecular flexibility index (Phi) is 2.85. The summed E-state index contributed by atoms with van der Waals surface area (Å²) in [7, 11) is 1.18. The maximum absolute atomic E-state index is 12.0. The van der Waals surface area contributed by atoms with Crippen LogP contribution in [0.15, 0.2) is 18.2 Å². The zero-order valence-corrected chi connectivity index (χ0v) is 9.04. The summed E-state index contributed by atoms with van der Waals surface area (Å²) in [5.41, 5.74) is 0.253. The molecule has 0 spiro atoms. The third-order valence-electron chi connectivity index (χ3n) is 2.15. The molecule has 0 bridgehead atoms. The number of halogens is 3. The molecule has 0 saturated heterocycles. The van der Waals surface area contributed by atoms with E-state index in [1.54, 1.807) is 0 Å². The number of hydrogen-bond donors (Lipinski definition) is 1. The lowest BCUT2D eigenvalue weighted by Crippen LogP contribution is -2.16. The molecule has 96 valence electrons. The fourth-order valence-electron chi connectivity index (χ4n) is 1.45. The summed E-state index contributed by atoms with van der Waals surface area (Å²) < 4.78 is 44.2. The molecule has 1 heterocycles. The lowest BCUT2D eigenvalue weighted by Gasteiger charge is -2.08. The molecular formula is C10H7F3N2O3. The number of H-pyrrole nitrogens is 1. The number of aromatic nitrogens is 2. The molecule has 0 radical (unpaired) electrons. The summed E-state index contributed by atoms with van der Waals surface area (Å²) in [4.78, 5) is 11.3. The molecule has 0 aliphatic rings. The summed E-state index contributed by atoms with van der Waals surface area (Å²) in [6, 6.07) is 3.49. The predicted molar refractivity (Wildman–Crippen MR) is 54.1 cm³/mol. The zero-order chi connectivity index (χ0) is 13.3. The molecular weight excluding hydrogens is 253 g/mol. The number of carbonyl (C=O) groups excluding carboxylic acids is 1. The van der Waals surface area contributed by atoms with E-state index in [4.69, 9.17) is 0 Å². The van der Waals surface area contributed by atoms with Crippen LogP contribution in [0.3, 0.4) is 0 Å². The van der Waals surface area contributed by atoms with Crippen molar-refractivity contribution in [1.82, 2.24) is 10.2 Å². The van der Waals surface area contributed by atoms with Gasteiger partial charge in [-0.3, -0.25) is 5.10 Å². The lowest BCUT2D eigenvalue weighted by atomic mass is 10.2. The molecule has 0 fully saturated rings. The van der Waals surface area contributed by atoms with Crippen molar-refractivity contribution >= 4 is 16.9 Å². The number of nitrogens with zero attached hydrogens (tertiary/aromatic N) is 1. The van der Waals surface area contributed by atoms with Gasteiger partial charge in [0.25, 0.3) is 0 Å².